The molecule has 3 nitrogen and oxygen atoms in total. The van der Waals surface area contributed by atoms with Crippen molar-refractivity contribution in [3.63, 3.8) is 0 Å². The summed E-state index contributed by atoms with van der Waals surface area (Å²) in [5.74, 6) is 0.635. The summed E-state index contributed by atoms with van der Waals surface area (Å²) in [6.07, 6.45) is 8.27. The van der Waals surface area contributed by atoms with Crippen LogP contribution in [0.2, 0.25) is 0 Å². The number of aromatic nitrogens is 1. The van der Waals surface area contributed by atoms with E-state index in [1.165, 1.54) is 11.3 Å². The summed E-state index contributed by atoms with van der Waals surface area (Å²) < 4.78 is 0. The molecular formula is C15H16N2O. The lowest BCUT2D eigenvalue weighted by Gasteiger charge is -2.41. The van der Waals surface area contributed by atoms with Gasteiger partial charge in [-0.3, -0.25) is 4.79 Å². The van der Waals surface area contributed by atoms with Crippen LogP contribution < -0.4 is 0 Å². The van der Waals surface area contributed by atoms with Crippen LogP contribution in [0.15, 0.2) is 36.2 Å². The Labute approximate surface area is 106 Å². The van der Waals surface area contributed by atoms with E-state index in [9.17, 15) is 4.79 Å². The highest BCUT2D eigenvalue weighted by Gasteiger charge is 2.57. The van der Waals surface area contributed by atoms with Crippen molar-refractivity contribution in [1.29, 1.82) is 0 Å². The van der Waals surface area contributed by atoms with E-state index >= 15 is 0 Å². The maximum atomic E-state index is 12.2. The van der Waals surface area contributed by atoms with E-state index in [0.717, 1.165) is 12.2 Å². The SMILES string of the molecule is CC(C)N1CC2C=C[C@@]23C1=CC(=O)c1[nH]ccc13. The van der Waals surface area contributed by atoms with Gasteiger partial charge in [-0.2, -0.15) is 0 Å². The first-order chi connectivity index (χ1) is 8.64. The predicted molar refractivity (Wildman–Crippen MR) is 69.4 cm³/mol. The maximum Gasteiger partial charge on any atom is 0.204 e. The van der Waals surface area contributed by atoms with Crippen LogP contribution in [0.4, 0.5) is 0 Å². The molecule has 0 amide bonds. The second-order valence-corrected chi connectivity index (χ2v) is 5.74. The summed E-state index contributed by atoms with van der Waals surface area (Å²) in [5, 5.41) is 0. The van der Waals surface area contributed by atoms with Crippen LogP contribution in [0.1, 0.15) is 29.9 Å². The molecule has 1 spiro atoms. The van der Waals surface area contributed by atoms with Gasteiger partial charge in [-0.25, -0.2) is 0 Å². The van der Waals surface area contributed by atoms with Gasteiger partial charge in [0.25, 0.3) is 0 Å². The lowest BCUT2D eigenvalue weighted by atomic mass is 9.61. The summed E-state index contributed by atoms with van der Waals surface area (Å²) in [7, 11) is 0. The second-order valence-electron chi connectivity index (χ2n) is 5.74. The zero-order valence-corrected chi connectivity index (χ0v) is 10.6. The smallest absolute Gasteiger partial charge is 0.204 e. The summed E-state index contributed by atoms with van der Waals surface area (Å²) >= 11 is 0. The Morgan fingerprint density at radius 1 is 1.50 bits per heavy atom. The lowest BCUT2D eigenvalue weighted by Crippen LogP contribution is -2.40. The molecule has 3 aliphatic rings. The zero-order chi connectivity index (χ0) is 12.5. The van der Waals surface area contributed by atoms with Crippen molar-refractivity contribution in [2.24, 2.45) is 5.92 Å². The molecule has 0 aromatic carbocycles. The average Bonchev–Trinajstić information content (AvgIpc) is 2.83. The molecule has 0 saturated carbocycles. The third-order valence-corrected chi connectivity index (χ3v) is 4.63. The van der Waals surface area contributed by atoms with E-state index in [0.29, 0.717) is 12.0 Å². The molecule has 1 N–H and O–H groups in total. The molecule has 2 heterocycles. The largest absolute Gasteiger partial charge is 0.371 e. The van der Waals surface area contributed by atoms with Crippen LogP contribution in [0.25, 0.3) is 0 Å². The van der Waals surface area contributed by atoms with Gasteiger partial charge >= 0.3 is 0 Å². The number of nitrogens with one attached hydrogen (secondary N) is 1. The highest BCUT2D eigenvalue weighted by molar-refractivity contribution is 6.07. The molecule has 1 aromatic rings. The van der Waals surface area contributed by atoms with Gasteiger partial charge in [0.15, 0.2) is 0 Å². The van der Waals surface area contributed by atoms with Crippen molar-refractivity contribution >= 4 is 5.78 Å². The van der Waals surface area contributed by atoms with Crippen LogP contribution >= 0.6 is 0 Å². The first kappa shape index (κ1) is 10.2. The number of likely N-dealkylation sites (tertiary alicyclic amines) is 1. The van der Waals surface area contributed by atoms with Crippen molar-refractivity contribution in [3.8, 4) is 0 Å². The molecule has 2 atom stereocenters. The van der Waals surface area contributed by atoms with Gasteiger partial charge in [-0.1, -0.05) is 12.2 Å². The topological polar surface area (TPSA) is 36.1 Å². The summed E-state index contributed by atoms with van der Waals surface area (Å²) in [6, 6.07) is 2.51. The van der Waals surface area contributed by atoms with Crippen molar-refractivity contribution < 1.29 is 4.79 Å². The van der Waals surface area contributed by atoms with Crippen LogP contribution in [0.5, 0.6) is 0 Å². The number of allylic oxidation sites excluding steroid dienone is 2. The van der Waals surface area contributed by atoms with E-state index in [4.69, 9.17) is 0 Å². The molecule has 1 unspecified atom stereocenters. The molecule has 1 saturated heterocycles. The third kappa shape index (κ3) is 0.913. The van der Waals surface area contributed by atoms with Gasteiger partial charge in [-0.05, 0) is 25.5 Å². The molecule has 1 aromatic heterocycles. The molecule has 3 heteroatoms. The lowest BCUT2D eigenvalue weighted by molar-refractivity contribution is 0.103. The predicted octanol–water partition coefficient (Wildman–Crippen LogP) is 2.24. The Balaban J connectivity index is 1.96. The Morgan fingerprint density at radius 3 is 3.00 bits per heavy atom. The van der Waals surface area contributed by atoms with Crippen LogP contribution in [0.3, 0.4) is 0 Å². The molecule has 18 heavy (non-hydrogen) atoms. The van der Waals surface area contributed by atoms with Crippen molar-refractivity contribution in [2.75, 3.05) is 6.54 Å². The molecule has 1 aliphatic heterocycles. The first-order valence-electron chi connectivity index (χ1n) is 6.55. The third-order valence-electron chi connectivity index (χ3n) is 4.63. The number of hydrogen-bond acceptors (Lipinski definition) is 2. The fourth-order valence-corrected chi connectivity index (χ4v) is 3.69. The standard InChI is InChI=1S/C15H16N2O/c1-9(2)17-8-10-3-5-15(10)11-4-6-16-14(11)12(18)7-13(15)17/h3-7,9-10,16H,8H2,1-2H3/t10?,15-/m1/s1. The fraction of sp³-hybridized carbons (Fsp3) is 0.400. The monoisotopic (exact) mass is 240 g/mol. The van der Waals surface area contributed by atoms with Gasteiger partial charge in [0.1, 0.15) is 0 Å². The Bertz CT molecular complexity index is 608. The van der Waals surface area contributed by atoms with E-state index < -0.39 is 0 Å². The number of carbonyl (C=O) groups excluding carboxylic acids is 1. The molecule has 0 radical (unpaired) electrons. The van der Waals surface area contributed by atoms with Gasteiger partial charge in [0.05, 0.1) is 11.1 Å². The Morgan fingerprint density at radius 2 is 2.33 bits per heavy atom. The molecule has 2 aliphatic carbocycles. The number of aromatic amines is 1. The Kier molecular flexibility index (Phi) is 1.68. The molecular weight excluding hydrogens is 224 g/mol. The number of nitrogens with zero attached hydrogens (tertiary/aromatic N) is 1. The molecule has 4 rings (SSSR count). The fourth-order valence-electron chi connectivity index (χ4n) is 3.69. The number of fused-ring (bicyclic) bond motifs is 1. The summed E-state index contributed by atoms with van der Waals surface area (Å²) in [4.78, 5) is 17.6. The van der Waals surface area contributed by atoms with E-state index in [2.05, 4.69) is 41.9 Å². The number of H-pyrrole nitrogens is 1. The normalized spacial score (nSPS) is 31.9. The highest BCUT2D eigenvalue weighted by atomic mass is 16.1. The number of hydrogen-bond donors (Lipinski definition) is 1. The highest BCUT2D eigenvalue weighted by Crippen LogP contribution is 2.57. The molecule has 0 bridgehead atoms. The number of ketones is 1. The van der Waals surface area contributed by atoms with Crippen LogP contribution in [-0.2, 0) is 5.41 Å². The van der Waals surface area contributed by atoms with E-state index in [-0.39, 0.29) is 11.2 Å². The van der Waals surface area contributed by atoms with Gasteiger partial charge in [0.2, 0.25) is 5.78 Å². The van der Waals surface area contributed by atoms with Gasteiger partial charge in [0, 0.05) is 36.5 Å². The van der Waals surface area contributed by atoms with Crippen LogP contribution in [0, 0.1) is 5.92 Å². The summed E-state index contributed by atoms with van der Waals surface area (Å²) in [6.45, 7) is 5.41. The number of rotatable bonds is 1. The minimum absolute atomic E-state index is 0.0203. The van der Waals surface area contributed by atoms with Crippen LogP contribution in [-0.4, -0.2) is 28.3 Å². The van der Waals surface area contributed by atoms with Crippen molar-refractivity contribution in [1.82, 2.24) is 9.88 Å². The zero-order valence-electron chi connectivity index (χ0n) is 10.6. The first-order valence-corrected chi connectivity index (χ1v) is 6.55. The molecule has 1 fully saturated rings. The molecule has 92 valence electrons. The van der Waals surface area contributed by atoms with Gasteiger partial charge in [-0.15, -0.1) is 0 Å². The minimum Gasteiger partial charge on any atom is -0.371 e. The summed E-state index contributed by atoms with van der Waals surface area (Å²) in [5.41, 5.74) is 3.12. The average molecular weight is 240 g/mol. The second kappa shape index (κ2) is 2.97. The van der Waals surface area contributed by atoms with E-state index in [1.54, 1.807) is 0 Å². The minimum atomic E-state index is -0.0203. The van der Waals surface area contributed by atoms with Crippen molar-refractivity contribution in [2.45, 2.75) is 25.3 Å². The quantitative estimate of drug-likeness (QED) is 0.764. The maximum absolute atomic E-state index is 12.2. The number of carbonyl (C=O) groups is 1. The van der Waals surface area contributed by atoms with Gasteiger partial charge < -0.3 is 9.88 Å². The Hall–Kier alpha value is -1.77. The van der Waals surface area contributed by atoms with Crippen molar-refractivity contribution in [3.05, 3.63) is 47.4 Å². The van der Waals surface area contributed by atoms with E-state index in [1.807, 2.05) is 12.3 Å².